The number of anilines is 1. The third-order valence-electron chi connectivity index (χ3n) is 6.60. The highest BCUT2D eigenvalue weighted by molar-refractivity contribution is 6.31. The standard InChI is InChI=1S/C34H31ClF3N3O6/c1-20(42)25-15-12-23(35)17-26(25)27-18-29(43)41(40-31(27)46-19-34(36,37)38)28(16-21-8-6-5-7-9-21)30(44)39-24-13-10-22(11-14-24)32(45)47-33(2,3)4/h5-15,17-18,28H,16,19H2,1-4H3,(H,39,44). The lowest BCUT2D eigenvalue weighted by molar-refractivity contribution is -0.154. The minimum absolute atomic E-state index is 0.0352. The predicted molar refractivity (Wildman–Crippen MR) is 170 cm³/mol. The van der Waals surface area contributed by atoms with E-state index in [4.69, 9.17) is 21.1 Å². The van der Waals surface area contributed by atoms with Crippen LogP contribution in [-0.2, 0) is 16.0 Å². The fourth-order valence-corrected chi connectivity index (χ4v) is 4.72. The van der Waals surface area contributed by atoms with Gasteiger partial charge in [-0.1, -0.05) is 41.9 Å². The SMILES string of the molecule is CC(=O)c1ccc(Cl)cc1-c1cc(=O)n(C(Cc2ccccc2)C(=O)Nc2ccc(C(=O)OC(C)(C)C)cc2)nc1OCC(F)(F)F. The highest BCUT2D eigenvalue weighted by Crippen LogP contribution is 2.34. The zero-order chi connectivity index (χ0) is 34.5. The third-order valence-corrected chi connectivity index (χ3v) is 6.84. The monoisotopic (exact) mass is 669 g/mol. The number of rotatable bonds is 10. The molecule has 0 aliphatic heterocycles. The number of halogens is 4. The van der Waals surface area contributed by atoms with Gasteiger partial charge in [-0.15, -0.1) is 5.10 Å². The Morgan fingerprint density at radius 1 is 0.936 bits per heavy atom. The van der Waals surface area contributed by atoms with Gasteiger partial charge in [0.05, 0.1) is 11.1 Å². The van der Waals surface area contributed by atoms with Crippen LogP contribution in [0.2, 0.25) is 5.02 Å². The number of hydrogen-bond donors (Lipinski definition) is 1. The second kappa shape index (κ2) is 14.2. The lowest BCUT2D eigenvalue weighted by atomic mass is 9.98. The van der Waals surface area contributed by atoms with E-state index in [1.165, 1.54) is 49.4 Å². The van der Waals surface area contributed by atoms with Crippen LogP contribution in [0.5, 0.6) is 5.88 Å². The van der Waals surface area contributed by atoms with Gasteiger partial charge in [0, 0.05) is 28.8 Å². The Labute approximate surface area is 273 Å². The number of hydrogen-bond acceptors (Lipinski definition) is 7. The first kappa shape index (κ1) is 34.9. The summed E-state index contributed by atoms with van der Waals surface area (Å²) in [5, 5.41) is 6.95. The summed E-state index contributed by atoms with van der Waals surface area (Å²) in [5.74, 6) is -2.37. The Balaban J connectivity index is 1.78. The molecule has 9 nitrogen and oxygen atoms in total. The lowest BCUT2D eigenvalue weighted by Gasteiger charge is -2.21. The van der Waals surface area contributed by atoms with Gasteiger partial charge in [0.25, 0.3) is 5.56 Å². The van der Waals surface area contributed by atoms with Crippen LogP contribution in [0.25, 0.3) is 11.1 Å². The largest absolute Gasteiger partial charge is 0.467 e. The van der Waals surface area contributed by atoms with Crippen molar-refractivity contribution in [3.8, 4) is 17.0 Å². The summed E-state index contributed by atoms with van der Waals surface area (Å²) in [5.41, 5.74) is -0.546. The molecule has 1 unspecified atom stereocenters. The van der Waals surface area contributed by atoms with Crippen LogP contribution in [0.4, 0.5) is 18.9 Å². The van der Waals surface area contributed by atoms with Crippen molar-refractivity contribution >= 4 is 34.9 Å². The fourth-order valence-electron chi connectivity index (χ4n) is 4.55. The average Bonchev–Trinajstić information content (AvgIpc) is 2.98. The number of aromatic nitrogens is 2. The zero-order valence-electron chi connectivity index (χ0n) is 25.9. The summed E-state index contributed by atoms with van der Waals surface area (Å²) in [6, 6.07) is 18.2. The Kier molecular flexibility index (Phi) is 10.5. The first-order chi connectivity index (χ1) is 22.0. The molecule has 0 radical (unpaired) electrons. The van der Waals surface area contributed by atoms with Crippen LogP contribution in [0.1, 0.15) is 60.0 Å². The van der Waals surface area contributed by atoms with E-state index in [2.05, 4.69) is 10.4 Å². The molecule has 4 aromatic rings. The molecule has 0 aliphatic rings. The van der Waals surface area contributed by atoms with Crippen molar-refractivity contribution in [2.45, 2.75) is 51.9 Å². The van der Waals surface area contributed by atoms with Gasteiger partial charge in [-0.2, -0.15) is 13.2 Å². The van der Waals surface area contributed by atoms with E-state index in [-0.39, 0.29) is 39.4 Å². The second-order valence-electron chi connectivity index (χ2n) is 11.6. The van der Waals surface area contributed by atoms with Crippen molar-refractivity contribution in [2.75, 3.05) is 11.9 Å². The number of nitrogens with one attached hydrogen (secondary N) is 1. The van der Waals surface area contributed by atoms with E-state index >= 15 is 0 Å². The number of nitrogens with zero attached hydrogens (tertiary/aromatic N) is 2. The Morgan fingerprint density at radius 3 is 2.19 bits per heavy atom. The molecule has 13 heteroatoms. The smallest absolute Gasteiger partial charge is 0.422 e. The van der Waals surface area contributed by atoms with E-state index in [1.54, 1.807) is 51.1 Å². The molecule has 0 bridgehead atoms. The minimum Gasteiger partial charge on any atom is -0.467 e. The molecule has 1 N–H and O–H groups in total. The quantitative estimate of drug-likeness (QED) is 0.142. The molecule has 0 aliphatic carbocycles. The Bertz CT molecular complexity index is 1840. The van der Waals surface area contributed by atoms with Gasteiger partial charge in [0.15, 0.2) is 12.4 Å². The molecule has 1 aromatic heterocycles. The van der Waals surface area contributed by atoms with Gasteiger partial charge < -0.3 is 14.8 Å². The molecule has 246 valence electrons. The van der Waals surface area contributed by atoms with Crippen molar-refractivity contribution < 1.29 is 37.0 Å². The molecular weight excluding hydrogens is 639 g/mol. The van der Waals surface area contributed by atoms with Crippen LogP contribution < -0.4 is 15.6 Å². The van der Waals surface area contributed by atoms with Gasteiger partial charge in [-0.3, -0.25) is 14.4 Å². The molecule has 3 aromatic carbocycles. The van der Waals surface area contributed by atoms with Gasteiger partial charge in [0.1, 0.15) is 11.6 Å². The van der Waals surface area contributed by atoms with E-state index in [1.807, 2.05) is 0 Å². The molecule has 0 saturated carbocycles. The molecule has 1 heterocycles. The van der Waals surface area contributed by atoms with Crippen molar-refractivity contribution in [1.29, 1.82) is 0 Å². The van der Waals surface area contributed by atoms with Crippen LogP contribution in [0.3, 0.4) is 0 Å². The molecule has 1 atom stereocenters. The zero-order valence-corrected chi connectivity index (χ0v) is 26.6. The maximum Gasteiger partial charge on any atom is 0.422 e. The highest BCUT2D eigenvalue weighted by Gasteiger charge is 2.31. The second-order valence-corrected chi connectivity index (χ2v) is 12.0. The normalized spacial score (nSPS) is 12.3. The number of amides is 1. The first-order valence-corrected chi connectivity index (χ1v) is 14.7. The van der Waals surface area contributed by atoms with E-state index in [9.17, 15) is 32.3 Å². The van der Waals surface area contributed by atoms with Crippen molar-refractivity contribution in [1.82, 2.24) is 9.78 Å². The first-order valence-electron chi connectivity index (χ1n) is 14.3. The van der Waals surface area contributed by atoms with Crippen LogP contribution >= 0.6 is 11.6 Å². The topological polar surface area (TPSA) is 117 Å². The molecule has 0 fully saturated rings. The van der Waals surface area contributed by atoms with Crippen molar-refractivity contribution in [2.24, 2.45) is 0 Å². The summed E-state index contributed by atoms with van der Waals surface area (Å²) >= 11 is 6.14. The summed E-state index contributed by atoms with van der Waals surface area (Å²) in [7, 11) is 0. The number of benzene rings is 3. The molecule has 0 saturated heterocycles. The third kappa shape index (κ3) is 9.52. The van der Waals surface area contributed by atoms with Crippen LogP contribution in [0, 0.1) is 0 Å². The lowest BCUT2D eigenvalue weighted by Crippen LogP contribution is -2.37. The van der Waals surface area contributed by atoms with Crippen molar-refractivity contribution in [3.05, 3.63) is 111 Å². The predicted octanol–water partition coefficient (Wildman–Crippen LogP) is 7.09. The van der Waals surface area contributed by atoms with Gasteiger partial charge in [-0.25, -0.2) is 9.48 Å². The van der Waals surface area contributed by atoms with Crippen molar-refractivity contribution in [3.63, 3.8) is 0 Å². The summed E-state index contributed by atoms with van der Waals surface area (Å²) in [6.45, 7) is 4.67. The molecule has 1 amide bonds. The van der Waals surface area contributed by atoms with E-state index < -0.39 is 53.5 Å². The molecule has 0 spiro atoms. The van der Waals surface area contributed by atoms with E-state index in [0.717, 1.165) is 10.7 Å². The summed E-state index contributed by atoms with van der Waals surface area (Å²) < 4.78 is 51.1. The average molecular weight is 670 g/mol. The van der Waals surface area contributed by atoms with Gasteiger partial charge >= 0.3 is 12.1 Å². The molecule has 47 heavy (non-hydrogen) atoms. The number of ether oxygens (including phenoxy) is 2. The number of esters is 1. The summed E-state index contributed by atoms with van der Waals surface area (Å²) in [4.78, 5) is 52.2. The number of carbonyl (C=O) groups excluding carboxylic acids is 3. The van der Waals surface area contributed by atoms with Gasteiger partial charge in [-0.05, 0) is 81.3 Å². The number of Topliss-reactive ketones (excluding diaryl/α,β-unsaturated/α-hetero) is 1. The Morgan fingerprint density at radius 2 is 1.60 bits per heavy atom. The van der Waals surface area contributed by atoms with Crippen LogP contribution in [-0.4, -0.2) is 45.8 Å². The van der Waals surface area contributed by atoms with Crippen LogP contribution in [0.15, 0.2) is 83.7 Å². The summed E-state index contributed by atoms with van der Waals surface area (Å²) in [6.07, 6.45) is -4.85. The fraction of sp³-hybridized carbons (Fsp3) is 0.265. The number of ketones is 1. The Hall–Kier alpha value is -4.97. The number of carbonyl (C=O) groups is 3. The highest BCUT2D eigenvalue weighted by atomic mass is 35.5. The maximum atomic E-state index is 13.8. The minimum atomic E-state index is -4.77. The molecule has 4 rings (SSSR count). The van der Waals surface area contributed by atoms with Gasteiger partial charge in [0.2, 0.25) is 11.8 Å². The van der Waals surface area contributed by atoms with E-state index in [0.29, 0.717) is 5.56 Å². The maximum absolute atomic E-state index is 13.8. The number of alkyl halides is 3. The molecular formula is C34H31ClF3N3O6.